The summed E-state index contributed by atoms with van der Waals surface area (Å²) in [4.78, 5) is 4.60. The van der Waals surface area contributed by atoms with Gasteiger partial charge in [-0.05, 0) is 24.3 Å². The Balaban J connectivity index is 2.05. The van der Waals surface area contributed by atoms with Gasteiger partial charge in [-0.15, -0.1) is 0 Å². The molecule has 1 aromatic carbocycles. The number of aromatic nitrogens is 1. The van der Waals surface area contributed by atoms with E-state index in [2.05, 4.69) is 4.98 Å². The maximum Gasteiger partial charge on any atom is 0.146 e. The van der Waals surface area contributed by atoms with Crippen LogP contribution in [-0.2, 0) is 6.61 Å². The Labute approximate surface area is 121 Å². The number of fused-ring (bicyclic) bond motifs is 1. The zero-order valence-corrected chi connectivity index (χ0v) is 11.4. The molecule has 0 aliphatic heterocycles. The van der Waals surface area contributed by atoms with Crippen LogP contribution in [0.25, 0.3) is 10.9 Å². The lowest BCUT2D eigenvalue weighted by Gasteiger charge is -2.12. The second-order valence-corrected chi connectivity index (χ2v) is 4.69. The molecule has 2 aromatic heterocycles. The first-order chi connectivity index (χ1) is 9.75. The lowest BCUT2D eigenvalue weighted by Crippen LogP contribution is -2.12. The van der Waals surface area contributed by atoms with Gasteiger partial charge in [0.2, 0.25) is 0 Å². The minimum atomic E-state index is 0.262. The van der Waals surface area contributed by atoms with Gasteiger partial charge in [0.1, 0.15) is 23.1 Å². The summed E-state index contributed by atoms with van der Waals surface area (Å²) in [6, 6.07) is 11.4. The Bertz CT molecular complexity index is 754. The Morgan fingerprint density at radius 1 is 1.25 bits per heavy atom. The third-order valence-corrected chi connectivity index (χ3v) is 3.15. The Hall–Kier alpha value is -2.40. The maximum atomic E-state index is 5.85. The van der Waals surface area contributed by atoms with Crippen LogP contribution < -0.4 is 10.5 Å². The van der Waals surface area contributed by atoms with Crippen LogP contribution in [-0.4, -0.2) is 9.97 Å². The molecule has 3 aromatic rings. The van der Waals surface area contributed by atoms with Crippen molar-refractivity contribution in [3.05, 3.63) is 60.2 Å². The van der Waals surface area contributed by atoms with Crippen molar-refractivity contribution >= 4 is 28.1 Å². The molecule has 0 unspecified atom stereocenters. The van der Waals surface area contributed by atoms with Crippen molar-refractivity contribution in [2.45, 2.75) is 6.61 Å². The van der Waals surface area contributed by atoms with Crippen LogP contribution in [0.1, 0.15) is 11.3 Å². The highest BCUT2D eigenvalue weighted by atomic mass is 32.1. The quantitative estimate of drug-likeness (QED) is 0.746. The number of hydrogen-bond donors (Lipinski definition) is 1. The number of nitrogens with zero attached hydrogens (tertiary/aromatic N) is 1. The molecule has 0 atom stereocenters. The van der Waals surface area contributed by atoms with E-state index in [1.54, 1.807) is 12.5 Å². The third kappa shape index (κ3) is 2.35. The zero-order chi connectivity index (χ0) is 13.9. The van der Waals surface area contributed by atoms with Crippen LogP contribution in [0, 0.1) is 0 Å². The number of rotatable bonds is 4. The maximum absolute atomic E-state index is 5.85. The SMILES string of the molecule is NC(=S)c1cnc2ccccc2c1OCc1ccco1. The molecule has 2 N–H and O–H groups in total. The van der Waals surface area contributed by atoms with E-state index in [1.165, 1.54) is 0 Å². The van der Waals surface area contributed by atoms with E-state index in [0.717, 1.165) is 16.7 Å². The molecule has 0 fully saturated rings. The van der Waals surface area contributed by atoms with Gasteiger partial charge in [-0.2, -0.15) is 0 Å². The molecule has 4 nitrogen and oxygen atoms in total. The largest absolute Gasteiger partial charge is 0.484 e. The lowest BCUT2D eigenvalue weighted by molar-refractivity contribution is 0.273. The second-order valence-electron chi connectivity index (χ2n) is 4.25. The molecule has 0 aliphatic carbocycles. The minimum absolute atomic E-state index is 0.262. The van der Waals surface area contributed by atoms with Crippen molar-refractivity contribution in [3.8, 4) is 5.75 Å². The molecule has 0 bridgehead atoms. The van der Waals surface area contributed by atoms with Crippen LogP contribution in [0.5, 0.6) is 5.75 Å². The van der Waals surface area contributed by atoms with Gasteiger partial charge in [0.25, 0.3) is 0 Å². The van der Waals surface area contributed by atoms with Crippen molar-refractivity contribution in [2.24, 2.45) is 5.73 Å². The molecule has 100 valence electrons. The molecule has 20 heavy (non-hydrogen) atoms. The predicted molar refractivity (Wildman–Crippen MR) is 80.7 cm³/mol. The number of pyridine rings is 1. The van der Waals surface area contributed by atoms with Gasteiger partial charge in [-0.25, -0.2) is 0 Å². The Morgan fingerprint density at radius 2 is 2.10 bits per heavy atom. The molecular weight excluding hydrogens is 272 g/mol. The second kappa shape index (κ2) is 5.30. The van der Waals surface area contributed by atoms with Gasteiger partial charge < -0.3 is 14.9 Å². The third-order valence-electron chi connectivity index (χ3n) is 2.93. The summed E-state index contributed by atoms with van der Waals surface area (Å²) in [6.07, 6.45) is 3.25. The molecule has 0 aliphatic rings. The highest BCUT2D eigenvalue weighted by Gasteiger charge is 2.12. The van der Waals surface area contributed by atoms with Gasteiger partial charge in [-0.1, -0.05) is 24.4 Å². The van der Waals surface area contributed by atoms with Crippen LogP contribution in [0.3, 0.4) is 0 Å². The number of nitrogens with two attached hydrogens (primary N) is 1. The summed E-state index contributed by atoms with van der Waals surface area (Å²) in [6.45, 7) is 0.316. The normalized spacial score (nSPS) is 10.6. The number of thiocarbonyl (C=S) groups is 1. The first kappa shape index (κ1) is 12.6. The van der Waals surface area contributed by atoms with Crippen molar-refractivity contribution < 1.29 is 9.15 Å². The van der Waals surface area contributed by atoms with Crippen LogP contribution in [0.2, 0.25) is 0 Å². The molecule has 0 saturated carbocycles. The minimum Gasteiger partial charge on any atom is -0.484 e. The van der Waals surface area contributed by atoms with Crippen LogP contribution in [0.15, 0.2) is 53.3 Å². The first-order valence-corrected chi connectivity index (χ1v) is 6.49. The van der Waals surface area contributed by atoms with E-state index in [0.29, 0.717) is 17.9 Å². The number of ether oxygens (including phenoxy) is 1. The fourth-order valence-electron chi connectivity index (χ4n) is 1.99. The van der Waals surface area contributed by atoms with Crippen molar-refractivity contribution in [3.63, 3.8) is 0 Å². The van der Waals surface area contributed by atoms with E-state index in [1.807, 2.05) is 36.4 Å². The summed E-state index contributed by atoms with van der Waals surface area (Å²) in [5.74, 6) is 1.37. The van der Waals surface area contributed by atoms with E-state index in [-0.39, 0.29) is 4.99 Å². The monoisotopic (exact) mass is 284 g/mol. The topological polar surface area (TPSA) is 61.3 Å². The van der Waals surface area contributed by atoms with Gasteiger partial charge in [0, 0.05) is 11.6 Å². The first-order valence-electron chi connectivity index (χ1n) is 6.08. The van der Waals surface area contributed by atoms with E-state index in [4.69, 9.17) is 27.1 Å². The number of benzene rings is 1. The summed E-state index contributed by atoms with van der Waals surface area (Å²) < 4.78 is 11.1. The molecular formula is C15H12N2O2S. The van der Waals surface area contributed by atoms with Crippen molar-refractivity contribution in [2.75, 3.05) is 0 Å². The molecule has 3 rings (SSSR count). The van der Waals surface area contributed by atoms with Crippen LogP contribution >= 0.6 is 12.2 Å². The number of hydrogen-bond acceptors (Lipinski definition) is 4. The van der Waals surface area contributed by atoms with Crippen molar-refractivity contribution in [1.29, 1.82) is 0 Å². The van der Waals surface area contributed by atoms with Gasteiger partial charge >= 0.3 is 0 Å². The van der Waals surface area contributed by atoms with E-state index >= 15 is 0 Å². The number of para-hydroxylation sites is 1. The summed E-state index contributed by atoms with van der Waals surface area (Å²) in [7, 11) is 0. The summed E-state index contributed by atoms with van der Waals surface area (Å²) >= 11 is 5.06. The smallest absolute Gasteiger partial charge is 0.146 e. The Morgan fingerprint density at radius 3 is 2.85 bits per heavy atom. The molecule has 5 heteroatoms. The Kier molecular flexibility index (Phi) is 3.35. The zero-order valence-electron chi connectivity index (χ0n) is 10.6. The molecule has 0 radical (unpaired) electrons. The number of furan rings is 1. The average molecular weight is 284 g/mol. The standard InChI is InChI=1S/C15H12N2O2S/c16-15(20)12-8-17-13-6-2-1-5-11(13)14(12)19-9-10-4-3-7-18-10/h1-8H,9H2,(H2,16,20). The van der Waals surface area contributed by atoms with Crippen molar-refractivity contribution in [1.82, 2.24) is 4.98 Å². The summed E-state index contributed by atoms with van der Waals surface area (Å²) in [5.41, 5.74) is 7.21. The summed E-state index contributed by atoms with van der Waals surface area (Å²) in [5, 5.41) is 0.879. The van der Waals surface area contributed by atoms with Crippen LogP contribution in [0.4, 0.5) is 0 Å². The average Bonchev–Trinajstić information content (AvgIpc) is 2.97. The van der Waals surface area contributed by atoms with E-state index < -0.39 is 0 Å². The predicted octanol–water partition coefficient (Wildman–Crippen LogP) is 3.04. The fraction of sp³-hybridized carbons (Fsp3) is 0.0667. The van der Waals surface area contributed by atoms with E-state index in [9.17, 15) is 0 Å². The highest BCUT2D eigenvalue weighted by Crippen LogP contribution is 2.29. The molecule has 2 heterocycles. The van der Waals surface area contributed by atoms with Gasteiger partial charge in [0.05, 0.1) is 17.3 Å². The van der Waals surface area contributed by atoms with Gasteiger partial charge in [-0.3, -0.25) is 4.98 Å². The van der Waals surface area contributed by atoms with Gasteiger partial charge in [0.15, 0.2) is 0 Å². The highest BCUT2D eigenvalue weighted by molar-refractivity contribution is 7.80. The molecule has 0 amide bonds. The molecule has 0 saturated heterocycles. The fourth-order valence-corrected chi connectivity index (χ4v) is 2.13. The lowest BCUT2D eigenvalue weighted by atomic mass is 10.1. The molecule has 0 spiro atoms.